The van der Waals surface area contributed by atoms with Gasteiger partial charge in [-0.05, 0) is 74.7 Å². The van der Waals surface area contributed by atoms with E-state index in [-0.39, 0.29) is 23.5 Å². The lowest BCUT2D eigenvalue weighted by Gasteiger charge is -2.26. The fourth-order valence-electron chi connectivity index (χ4n) is 4.78. The van der Waals surface area contributed by atoms with Crippen LogP contribution in [0.15, 0.2) is 36.4 Å². The molecule has 1 fully saturated rings. The van der Waals surface area contributed by atoms with Crippen molar-refractivity contribution in [3.05, 3.63) is 64.7 Å². The van der Waals surface area contributed by atoms with Crippen molar-refractivity contribution in [2.45, 2.75) is 38.6 Å². The first-order valence-corrected chi connectivity index (χ1v) is 13.0. The first kappa shape index (κ1) is 30.5. The van der Waals surface area contributed by atoms with Crippen LogP contribution in [-0.2, 0) is 22.5 Å². The number of amides is 1. The van der Waals surface area contributed by atoms with Crippen LogP contribution in [0.3, 0.4) is 0 Å². The Kier molecular flexibility index (Phi) is 10.9. The topological polar surface area (TPSA) is 140 Å². The van der Waals surface area contributed by atoms with Crippen LogP contribution in [0.1, 0.15) is 53.0 Å². The number of nitrogens with two attached hydrogens (primary N) is 1. The Morgan fingerprint density at radius 1 is 1.25 bits per heavy atom. The molecule has 0 spiro atoms. The number of anilines is 2. The Balaban J connectivity index is 0.00000141. The summed E-state index contributed by atoms with van der Waals surface area (Å²) in [6.07, 6.45) is 2.39. The molecule has 0 atom stereocenters. The highest BCUT2D eigenvalue weighted by Gasteiger charge is 2.24. The van der Waals surface area contributed by atoms with Gasteiger partial charge in [-0.25, -0.2) is 14.4 Å². The number of carbonyl (C=O) groups is 2. The van der Waals surface area contributed by atoms with Crippen molar-refractivity contribution in [3.63, 3.8) is 0 Å². The number of nitrogens with one attached hydrogen (secondary N) is 1. The zero-order valence-electron chi connectivity index (χ0n) is 23.2. The Labute approximate surface area is 233 Å². The van der Waals surface area contributed by atoms with Crippen molar-refractivity contribution in [1.29, 1.82) is 0 Å². The van der Waals surface area contributed by atoms with Crippen LogP contribution in [0.2, 0.25) is 0 Å². The van der Waals surface area contributed by atoms with Crippen LogP contribution in [0, 0.1) is 5.82 Å². The summed E-state index contributed by atoms with van der Waals surface area (Å²) in [7, 11) is 5.53. The molecule has 2 aromatic carbocycles. The molecule has 1 amide bonds. The number of hydrogen-bond acceptors (Lipinski definition) is 8. The van der Waals surface area contributed by atoms with Crippen molar-refractivity contribution in [2.75, 3.05) is 39.7 Å². The van der Waals surface area contributed by atoms with E-state index in [0.29, 0.717) is 29.5 Å². The third-order valence-corrected chi connectivity index (χ3v) is 6.52. The number of rotatable bonds is 9. The van der Waals surface area contributed by atoms with Gasteiger partial charge in [0.2, 0.25) is 0 Å². The lowest BCUT2D eigenvalue weighted by Crippen LogP contribution is -2.19. The molecule has 1 aliphatic rings. The van der Waals surface area contributed by atoms with E-state index >= 15 is 0 Å². The molecule has 4 rings (SSSR count). The highest BCUT2D eigenvalue weighted by atomic mass is 19.1. The molecule has 3 aromatic rings. The van der Waals surface area contributed by atoms with Gasteiger partial charge in [-0.2, -0.15) is 0 Å². The summed E-state index contributed by atoms with van der Waals surface area (Å²) in [5, 5.41) is 10.1. The van der Waals surface area contributed by atoms with E-state index < -0.39 is 11.7 Å². The highest BCUT2D eigenvalue weighted by Crippen LogP contribution is 2.36. The number of carboxylic acid groups (broad SMARTS) is 1. The monoisotopic (exact) mass is 553 g/mol. The number of ether oxygens (including phenoxy) is 2. The number of aryl methyl sites for hydroxylation is 1. The summed E-state index contributed by atoms with van der Waals surface area (Å²) < 4.78 is 25.9. The third-order valence-electron chi connectivity index (χ3n) is 6.52. The van der Waals surface area contributed by atoms with Gasteiger partial charge in [-0.15, -0.1) is 0 Å². The number of benzene rings is 2. The van der Waals surface area contributed by atoms with E-state index in [1.165, 1.54) is 24.3 Å². The maximum Gasteiger partial charge on any atom is 0.290 e. The molecule has 0 saturated carbocycles. The first-order valence-electron chi connectivity index (χ1n) is 13.0. The van der Waals surface area contributed by atoms with E-state index in [1.807, 2.05) is 27.1 Å². The van der Waals surface area contributed by atoms with E-state index in [4.69, 9.17) is 25.1 Å². The Morgan fingerprint density at radius 3 is 2.55 bits per heavy atom. The van der Waals surface area contributed by atoms with Gasteiger partial charge >= 0.3 is 0 Å². The molecule has 0 unspecified atom stereocenters. The summed E-state index contributed by atoms with van der Waals surface area (Å²) in [5.41, 5.74) is 9.84. The van der Waals surface area contributed by atoms with Crippen LogP contribution >= 0.6 is 0 Å². The van der Waals surface area contributed by atoms with Gasteiger partial charge < -0.3 is 30.5 Å². The van der Waals surface area contributed by atoms with Crippen LogP contribution in [-0.4, -0.2) is 66.8 Å². The quantitative estimate of drug-likeness (QED) is 0.330. The van der Waals surface area contributed by atoms with Crippen LogP contribution in [0.25, 0.3) is 11.3 Å². The average Bonchev–Trinajstić information content (AvgIpc) is 2.93. The van der Waals surface area contributed by atoms with Gasteiger partial charge in [-0.1, -0.05) is 19.1 Å². The number of hydrogen-bond donors (Lipinski definition) is 3. The smallest absolute Gasteiger partial charge is 0.290 e. The summed E-state index contributed by atoms with van der Waals surface area (Å²) in [4.78, 5) is 32.0. The highest BCUT2D eigenvalue weighted by molar-refractivity contribution is 5.97. The lowest BCUT2D eigenvalue weighted by atomic mass is 9.88. The van der Waals surface area contributed by atoms with Crippen molar-refractivity contribution >= 4 is 23.9 Å². The predicted octanol–water partition coefficient (Wildman–Crippen LogP) is 4.35. The maximum absolute atomic E-state index is 15.0. The standard InChI is InChI=1S/C28H34FN5O3.CH2O2/c1-5-22-25(24-21(29)7-6-8-23(24)36-4)33-28(26(32-22)27(30)35)31-19-9-10-20(17-11-13-37-14-12-17)18(15-19)16-34(2)3;2-1-3/h6-10,15,17H,5,11-14,16H2,1-4H3,(H2,30,35)(H,31,33);1H,(H,2,3). The van der Waals surface area contributed by atoms with Gasteiger partial charge in [-0.3, -0.25) is 9.59 Å². The van der Waals surface area contributed by atoms with Crippen molar-refractivity contribution < 1.29 is 28.6 Å². The van der Waals surface area contributed by atoms with Crippen molar-refractivity contribution in [1.82, 2.24) is 14.9 Å². The SMILES string of the molecule is CCc1nc(C(N)=O)c(Nc2ccc(C3CCOCC3)c(CN(C)C)c2)nc1-c1c(F)cccc1OC.O=CO. The number of carbonyl (C=O) groups excluding carboxylic acids is 1. The molecule has 10 nitrogen and oxygen atoms in total. The molecule has 0 aliphatic carbocycles. The molecule has 40 heavy (non-hydrogen) atoms. The lowest BCUT2D eigenvalue weighted by molar-refractivity contribution is -0.122. The molecule has 4 N–H and O–H groups in total. The molecule has 1 aliphatic heterocycles. The minimum absolute atomic E-state index is 0.00132. The number of nitrogens with zero attached hydrogens (tertiary/aromatic N) is 3. The zero-order valence-corrected chi connectivity index (χ0v) is 23.2. The number of aromatic nitrogens is 2. The number of methoxy groups -OCH3 is 1. The fraction of sp³-hybridized carbons (Fsp3) is 0.379. The molecule has 0 radical (unpaired) electrons. The zero-order chi connectivity index (χ0) is 29.2. The largest absolute Gasteiger partial charge is 0.496 e. The average molecular weight is 554 g/mol. The van der Waals surface area contributed by atoms with E-state index in [2.05, 4.69) is 32.3 Å². The van der Waals surface area contributed by atoms with Crippen molar-refractivity contribution in [3.8, 4) is 17.0 Å². The molecule has 1 aromatic heterocycles. The summed E-state index contributed by atoms with van der Waals surface area (Å²) in [6, 6.07) is 10.7. The fourth-order valence-corrected chi connectivity index (χ4v) is 4.78. The van der Waals surface area contributed by atoms with Gasteiger partial charge in [0, 0.05) is 25.4 Å². The van der Waals surface area contributed by atoms with Gasteiger partial charge in [0.05, 0.1) is 18.4 Å². The molecule has 1 saturated heterocycles. The van der Waals surface area contributed by atoms with E-state index in [0.717, 1.165) is 38.3 Å². The molecule has 11 heteroatoms. The summed E-state index contributed by atoms with van der Waals surface area (Å²) >= 11 is 0. The van der Waals surface area contributed by atoms with Crippen molar-refractivity contribution in [2.24, 2.45) is 5.73 Å². The minimum atomic E-state index is -0.718. The van der Waals surface area contributed by atoms with Gasteiger partial charge in [0.1, 0.15) is 17.3 Å². The molecule has 0 bridgehead atoms. The van der Waals surface area contributed by atoms with E-state index in [9.17, 15) is 9.18 Å². The van der Waals surface area contributed by atoms with Gasteiger partial charge in [0.15, 0.2) is 11.5 Å². The molecular weight excluding hydrogens is 517 g/mol. The summed E-state index contributed by atoms with van der Waals surface area (Å²) in [5.74, 6) is -0.280. The second-order valence-corrected chi connectivity index (χ2v) is 9.52. The van der Waals surface area contributed by atoms with Crippen LogP contribution < -0.4 is 15.8 Å². The van der Waals surface area contributed by atoms with E-state index in [1.54, 1.807) is 12.1 Å². The minimum Gasteiger partial charge on any atom is -0.496 e. The second kappa shape index (κ2) is 14.3. The first-order chi connectivity index (χ1) is 19.2. The Morgan fingerprint density at radius 2 is 1.95 bits per heavy atom. The predicted molar refractivity (Wildman–Crippen MR) is 150 cm³/mol. The third kappa shape index (κ3) is 7.30. The van der Waals surface area contributed by atoms with Crippen LogP contribution in [0.5, 0.6) is 5.75 Å². The Bertz CT molecular complexity index is 1330. The van der Waals surface area contributed by atoms with Crippen LogP contribution in [0.4, 0.5) is 15.9 Å². The molecule has 2 heterocycles. The normalized spacial score (nSPS) is 13.3. The number of halogens is 1. The van der Waals surface area contributed by atoms with Gasteiger partial charge in [0.25, 0.3) is 12.4 Å². The maximum atomic E-state index is 15.0. The molecule has 214 valence electrons. The summed E-state index contributed by atoms with van der Waals surface area (Å²) in [6.45, 7) is 3.88. The Hall–Kier alpha value is -4.09. The molecular formula is C29H36FN5O5. The second-order valence-electron chi connectivity index (χ2n) is 9.52. The number of primary amides is 1.